The van der Waals surface area contributed by atoms with E-state index in [-0.39, 0.29) is 6.04 Å². The predicted octanol–water partition coefficient (Wildman–Crippen LogP) is 3.52. The van der Waals surface area contributed by atoms with E-state index < -0.39 is 11.6 Å². The lowest BCUT2D eigenvalue weighted by Crippen LogP contribution is -2.19. The molecule has 0 amide bonds. The first-order chi connectivity index (χ1) is 9.06. The molecule has 1 aromatic heterocycles. The molecule has 1 atom stereocenters. The van der Waals surface area contributed by atoms with Crippen LogP contribution < -0.4 is 5.32 Å². The monoisotopic (exact) mass is 262 g/mol. The zero-order valence-corrected chi connectivity index (χ0v) is 11.0. The van der Waals surface area contributed by atoms with Gasteiger partial charge in [-0.15, -0.1) is 0 Å². The van der Waals surface area contributed by atoms with Crippen LogP contribution in [0.2, 0.25) is 0 Å². The number of nitrogens with one attached hydrogen (secondary N) is 1. The lowest BCUT2D eigenvalue weighted by atomic mass is 10.1. The van der Waals surface area contributed by atoms with Gasteiger partial charge in [0.2, 0.25) is 0 Å². The van der Waals surface area contributed by atoms with Crippen LogP contribution in [0.5, 0.6) is 0 Å². The van der Waals surface area contributed by atoms with Gasteiger partial charge in [0.05, 0.1) is 0 Å². The number of hydrogen-bond acceptors (Lipinski definition) is 2. The number of halogens is 2. The molecule has 1 aromatic carbocycles. The van der Waals surface area contributed by atoms with E-state index in [0.29, 0.717) is 12.1 Å². The second-order valence-corrected chi connectivity index (χ2v) is 4.61. The molecule has 1 heterocycles. The van der Waals surface area contributed by atoms with Gasteiger partial charge in [0.25, 0.3) is 0 Å². The molecule has 2 nitrogen and oxygen atoms in total. The van der Waals surface area contributed by atoms with E-state index in [1.807, 2.05) is 19.9 Å². The van der Waals surface area contributed by atoms with Gasteiger partial charge in [-0.25, -0.2) is 8.78 Å². The van der Waals surface area contributed by atoms with Crippen molar-refractivity contribution >= 4 is 0 Å². The summed E-state index contributed by atoms with van der Waals surface area (Å²) < 4.78 is 26.3. The molecule has 0 saturated heterocycles. The minimum atomic E-state index is -0.552. The third-order valence-corrected chi connectivity index (χ3v) is 3.12. The normalized spacial score (nSPS) is 12.4. The fourth-order valence-electron chi connectivity index (χ4n) is 1.91. The van der Waals surface area contributed by atoms with Crippen molar-refractivity contribution in [3.05, 3.63) is 65.0 Å². The average Bonchev–Trinajstić information content (AvgIpc) is 2.36. The van der Waals surface area contributed by atoms with Gasteiger partial charge in [0.15, 0.2) is 0 Å². The maximum atomic E-state index is 13.1. The summed E-state index contributed by atoms with van der Waals surface area (Å²) in [5.41, 5.74) is 2.82. The third kappa shape index (κ3) is 3.58. The molecule has 1 N–H and O–H groups in total. The maximum Gasteiger partial charge on any atom is 0.126 e. The number of hydrogen-bond donors (Lipinski definition) is 1. The highest BCUT2D eigenvalue weighted by Gasteiger charge is 2.08. The first-order valence-electron chi connectivity index (χ1n) is 6.15. The fourth-order valence-corrected chi connectivity index (χ4v) is 1.91. The number of aryl methyl sites for hydroxylation is 1. The molecule has 100 valence electrons. The van der Waals surface area contributed by atoms with Gasteiger partial charge in [-0.3, -0.25) is 4.98 Å². The molecule has 0 aliphatic rings. The summed E-state index contributed by atoms with van der Waals surface area (Å²) in [7, 11) is 0. The Morgan fingerprint density at radius 1 is 1.21 bits per heavy atom. The molecule has 4 heteroatoms. The van der Waals surface area contributed by atoms with E-state index in [2.05, 4.69) is 10.3 Å². The topological polar surface area (TPSA) is 24.9 Å². The van der Waals surface area contributed by atoms with E-state index >= 15 is 0 Å². The van der Waals surface area contributed by atoms with Crippen molar-refractivity contribution in [2.45, 2.75) is 26.4 Å². The molecule has 0 bridgehead atoms. The van der Waals surface area contributed by atoms with Crippen molar-refractivity contribution in [3.8, 4) is 0 Å². The van der Waals surface area contributed by atoms with Crippen molar-refractivity contribution in [2.24, 2.45) is 0 Å². The summed E-state index contributed by atoms with van der Waals surface area (Å²) in [5.74, 6) is -1.10. The zero-order chi connectivity index (χ0) is 13.8. The molecule has 2 rings (SSSR count). The summed E-state index contributed by atoms with van der Waals surface area (Å²) in [5, 5.41) is 3.25. The first-order valence-corrected chi connectivity index (χ1v) is 6.15. The second-order valence-electron chi connectivity index (χ2n) is 4.61. The molecular formula is C15H16F2N2. The summed E-state index contributed by atoms with van der Waals surface area (Å²) in [6.07, 6.45) is 3.53. The highest BCUT2D eigenvalue weighted by molar-refractivity contribution is 5.23. The molecular weight excluding hydrogens is 246 g/mol. The number of benzene rings is 1. The van der Waals surface area contributed by atoms with Crippen LogP contribution >= 0.6 is 0 Å². The van der Waals surface area contributed by atoms with Gasteiger partial charge >= 0.3 is 0 Å². The van der Waals surface area contributed by atoms with Crippen LogP contribution in [-0.2, 0) is 6.54 Å². The van der Waals surface area contributed by atoms with Crippen LogP contribution in [0.1, 0.15) is 29.7 Å². The van der Waals surface area contributed by atoms with Crippen LogP contribution in [0.4, 0.5) is 8.78 Å². The molecule has 0 aliphatic heterocycles. The lowest BCUT2D eigenvalue weighted by Gasteiger charge is -2.15. The van der Waals surface area contributed by atoms with Crippen molar-refractivity contribution in [1.29, 1.82) is 0 Å². The highest BCUT2D eigenvalue weighted by atomic mass is 19.1. The Balaban J connectivity index is 2.05. The van der Waals surface area contributed by atoms with Gasteiger partial charge in [0.1, 0.15) is 11.6 Å². The van der Waals surface area contributed by atoms with Crippen molar-refractivity contribution < 1.29 is 8.78 Å². The molecule has 0 aliphatic carbocycles. The Hall–Kier alpha value is -1.81. The summed E-state index contributed by atoms with van der Waals surface area (Å²) in [6.45, 7) is 4.49. The predicted molar refractivity (Wildman–Crippen MR) is 70.6 cm³/mol. The van der Waals surface area contributed by atoms with E-state index in [1.165, 1.54) is 12.1 Å². The molecule has 2 aromatic rings. The Kier molecular flexibility index (Phi) is 4.22. The molecule has 1 unspecified atom stereocenters. The molecule has 0 radical (unpaired) electrons. The number of pyridine rings is 1. The van der Waals surface area contributed by atoms with Crippen molar-refractivity contribution in [1.82, 2.24) is 10.3 Å². The van der Waals surface area contributed by atoms with Crippen LogP contribution in [0, 0.1) is 18.6 Å². The number of nitrogens with zero attached hydrogens (tertiary/aromatic N) is 1. The SMILES string of the molecule is Cc1cnccc1CNC(C)c1cc(F)cc(F)c1. The summed E-state index contributed by atoms with van der Waals surface area (Å²) in [6, 6.07) is 5.38. The highest BCUT2D eigenvalue weighted by Crippen LogP contribution is 2.17. The Morgan fingerprint density at radius 3 is 2.53 bits per heavy atom. The quantitative estimate of drug-likeness (QED) is 0.912. The van der Waals surface area contributed by atoms with Crippen LogP contribution in [0.15, 0.2) is 36.7 Å². The minimum Gasteiger partial charge on any atom is -0.306 e. The second kappa shape index (κ2) is 5.89. The zero-order valence-electron chi connectivity index (χ0n) is 11.0. The lowest BCUT2D eigenvalue weighted by molar-refractivity contribution is 0.545. The fraction of sp³-hybridized carbons (Fsp3) is 0.267. The first kappa shape index (κ1) is 13.6. The number of aromatic nitrogens is 1. The van der Waals surface area contributed by atoms with Crippen LogP contribution in [-0.4, -0.2) is 4.98 Å². The molecule has 0 fully saturated rings. The third-order valence-electron chi connectivity index (χ3n) is 3.12. The van der Waals surface area contributed by atoms with Gasteiger partial charge in [0, 0.05) is 31.0 Å². The van der Waals surface area contributed by atoms with Crippen molar-refractivity contribution in [3.63, 3.8) is 0 Å². The van der Waals surface area contributed by atoms with E-state index in [1.54, 1.807) is 12.4 Å². The van der Waals surface area contributed by atoms with Gasteiger partial charge in [-0.05, 0) is 48.7 Å². The Morgan fingerprint density at radius 2 is 1.89 bits per heavy atom. The standard InChI is InChI=1S/C15H16F2N2/c1-10-8-18-4-3-12(10)9-19-11(2)13-5-14(16)7-15(17)6-13/h3-8,11,19H,9H2,1-2H3. The smallest absolute Gasteiger partial charge is 0.126 e. The Labute approximate surface area is 111 Å². The average molecular weight is 262 g/mol. The largest absolute Gasteiger partial charge is 0.306 e. The Bertz CT molecular complexity index is 550. The van der Waals surface area contributed by atoms with Crippen LogP contribution in [0.3, 0.4) is 0 Å². The minimum absolute atomic E-state index is 0.127. The molecule has 19 heavy (non-hydrogen) atoms. The number of rotatable bonds is 4. The maximum absolute atomic E-state index is 13.1. The van der Waals surface area contributed by atoms with E-state index in [9.17, 15) is 8.78 Å². The van der Waals surface area contributed by atoms with Crippen molar-refractivity contribution in [2.75, 3.05) is 0 Å². The summed E-state index contributed by atoms with van der Waals surface area (Å²) in [4.78, 5) is 4.03. The molecule has 0 spiro atoms. The van der Waals surface area contributed by atoms with E-state index in [4.69, 9.17) is 0 Å². The van der Waals surface area contributed by atoms with Gasteiger partial charge in [-0.1, -0.05) is 0 Å². The summed E-state index contributed by atoms with van der Waals surface area (Å²) >= 11 is 0. The van der Waals surface area contributed by atoms with Gasteiger partial charge < -0.3 is 5.32 Å². The molecule has 0 saturated carbocycles. The van der Waals surface area contributed by atoms with Crippen LogP contribution in [0.25, 0.3) is 0 Å². The van der Waals surface area contributed by atoms with E-state index in [0.717, 1.165) is 17.2 Å². The van der Waals surface area contributed by atoms with Gasteiger partial charge in [-0.2, -0.15) is 0 Å².